The third kappa shape index (κ3) is 17.6. The zero-order valence-electron chi connectivity index (χ0n) is 35.8. The van der Waals surface area contributed by atoms with Crippen LogP contribution in [-0.2, 0) is 25.4 Å². The Balaban J connectivity index is 2.10. The van der Waals surface area contributed by atoms with E-state index in [0.717, 1.165) is 30.0 Å². The number of allylic oxidation sites excluding steroid dienone is 4. The second-order valence-corrected chi connectivity index (χ2v) is 16.0. The molecule has 24 heteroatoms. The van der Waals surface area contributed by atoms with Gasteiger partial charge in [0.25, 0.3) is 11.8 Å². The molecule has 0 radical (unpaired) electrons. The van der Waals surface area contributed by atoms with Gasteiger partial charge in [-0.1, -0.05) is 13.0 Å². The molecule has 65 heavy (non-hydrogen) atoms. The number of alkyl halides is 6. The first kappa shape index (κ1) is 53.5. The van der Waals surface area contributed by atoms with E-state index in [1.165, 1.54) is 19.2 Å². The van der Waals surface area contributed by atoms with Crippen molar-refractivity contribution in [2.24, 2.45) is 61.2 Å². The molecule has 0 aromatic heterocycles. The maximum atomic E-state index is 14.6. The van der Waals surface area contributed by atoms with Crippen molar-refractivity contribution >= 4 is 64.9 Å². The molecular formula is C41H57F6N13O4S. The molecule has 358 valence electrons. The highest BCUT2D eigenvalue weighted by molar-refractivity contribution is 7.99. The number of carbonyl (C=O) groups excluding carboxylic acids is 4. The maximum Gasteiger partial charge on any atom is 0.416 e. The summed E-state index contributed by atoms with van der Waals surface area (Å²) in [6, 6.07) is 1.42. The van der Waals surface area contributed by atoms with Crippen LogP contribution >= 0.6 is 11.8 Å². The van der Waals surface area contributed by atoms with Crippen molar-refractivity contribution in [3.05, 3.63) is 64.2 Å². The summed E-state index contributed by atoms with van der Waals surface area (Å²) in [5.74, 6) is -7.01. The van der Waals surface area contributed by atoms with Crippen LogP contribution in [0, 0.1) is 11.8 Å². The van der Waals surface area contributed by atoms with Gasteiger partial charge >= 0.3 is 12.4 Å². The van der Waals surface area contributed by atoms with Crippen LogP contribution in [-0.4, -0.2) is 79.9 Å². The van der Waals surface area contributed by atoms with Crippen molar-refractivity contribution in [1.29, 1.82) is 0 Å². The molecule has 16 N–H and O–H groups in total. The van der Waals surface area contributed by atoms with E-state index >= 15 is 0 Å². The van der Waals surface area contributed by atoms with Crippen molar-refractivity contribution < 1.29 is 45.5 Å². The lowest BCUT2D eigenvalue weighted by Gasteiger charge is -2.34. The summed E-state index contributed by atoms with van der Waals surface area (Å²) in [5, 5.41) is 10.1. The second-order valence-electron chi connectivity index (χ2n) is 14.9. The summed E-state index contributed by atoms with van der Waals surface area (Å²) in [5.41, 5.74) is 30.2. The molecule has 0 bridgehead atoms. The van der Waals surface area contributed by atoms with Crippen molar-refractivity contribution in [1.82, 2.24) is 10.6 Å². The lowest BCUT2D eigenvalue weighted by Crippen LogP contribution is -2.40. The number of guanidine groups is 2. The van der Waals surface area contributed by atoms with Gasteiger partial charge in [-0.15, -0.1) is 11.8 Å². The Hall–Kier alpha value is -5.88. The van der Waals surface area contributed by atoms with Crippen LogP contribution in [0.4, 0.5) is 37.7 Å². The molecule has 2 atom stereocenters. The Morgan fingerprint density at radius 3 is 1.97 bits per heavy atom. The molecule has 1 aliphatic heterocycles. The smallest absolute Gasteiger partial charge is 0.370 e. The molecule has 1 heterocycles. The lowest BCUT2D eigenvalue weighted by molar-refractivity contribution is -0.171. The number of anilines is 2. The van der Waals surface area contributed by atoms with Crippen LogP contribution in [0.5, 0.6) is 0 Å². The number of aliphatic imine (C=N–C) groups is 3. The number of amides is 4. The summed E-state index contributed by atoms with van der Waals surface area (Å²) in [6.45, 7) is 1.98. The number of carbonyl (C=O) groups is 4. The standard InChI is InChI=1S/C41H57F6N13O4S/c1-23-27(41(45,46)47)22-28(26(10-8-16-55-38(50)51)34(23)60-33(62)12-3-6-14-49)58-37(64)31-19-24(9-4-7-15-54-31)36(63)59-30-21-25(40(42,43)44)20-29(57-32(61)11-2-5-13-48)35(30)65-18-17-56-39(52)53/h9,15,19-23,27H,2-8,10-14,16-18,48-49H2,1H3,(H,57,61)(H,58,64)(H,59,63)(H,60,62)(H4,50,51,55)(H4,52,53,56). The van der Waals surface area contributed by atoms with Crippen LogP contribution < -0.4 is 55.7 Å². The van der Waals surface area contributed by atoms with Crippen molar-refractivity contribution in [2.45, 2.75) is 88.4 Å². The molecule has 17 nitrogen and oxygen atoms in total. The van der Waals surface area contributed by atoms with E-state index in [9.17, 15) is 45.5 Å². The fourth-order valence-corrected chi connectivity index (χ4v) is 7.48. The molecule has 1 aromatic carbocycles. The van der Waals surface area contributed by atoms with Crippen LogP contribution in [0.2, 0.25) is 0 Å². The maximum absolute atomic E-state index is 14.6. The molecular weight excluding hydrogens is 885 g/mol. The molecule has 3 rings (SSSR count). The first-order valence-corrected chi connectivity index (χ1v) is 21.7. The molecule has 0 fully saturated rings. The van der Waals surface area contributed by atoms with Crippen LogP contribution in [0.25, 0.3) is 0 Å². The van der Waals surface area contributed by atoms with Gasteiger partial charge in [0.2, 0.25) is 11.8 Å². The molecule has 0 saturated heterocycles. The van der Waals surface area contributed by atoms with E-state index in [2.05, 4.69) is 36.2 Å². The summed E-state index contributed by atoms with van der Waals surface area (Å²) in [7, 11) is 0. The molecule has 1 aromatic rings. The quantitative estimate of drug-likeness (QED) is 0.0259. The summed E-state index contributed by atoms with van der Waals surface area (Å²) in [4.78, 5) is 66.0. The number of hydrogen-bond donors (Lipinski definition) is 10. The van der Waals surface area contributed by atoms with Gasteiger partial charge in [0.1, 0.15) is 5.70 Å². The first-order chi connectivity index (χ1) is 30.7. The number of benzene rings is 1. The third-order valence-electron chi connectivity index (χ3n) is 9.73. The van der Waals surface area contributed by atoms with Crippen LogP contribution in [0.1, 0.15) is 76.7 Å². The SMILES string of the molecule is CC1C(NC(=O)CCCCN)=C(CCCN=C(N)N)C(NC(=O)C2=CC(C(=O)Nc3cc(C(F)(F)F)cc(NC(=O)CCCCN)c3SCCN=C(N)N)=CCCC=N2)=CC1C(F)(F)F. The number of rotatable bonds is 22. The highest BCUT2D eigenvalue weighted by Crippen LogP contribution is 2.43. The van der Waals surface area contributed by atoms with E-state index < -0.39 is 59.1 Å². The number of hydrogen-bond acceptors (Lipinski definition) is 10. The van der Waals surface area contributed by atoms with E-state index in [1.807, 2.05) is 0 Å². The minimum atomic E-state index is -4.93. The monoisotopic (exact) mass is 941 g/mol. The predicted molar refractivity (Wildman–Crippen MR) is 240 cm³/mol. The zero-order valence-corrected chi connectivity index (χ0v) is 36.7. The molecule has 0 spiro atoms. The van der Waals surface area contributed by atoms with Gasteiger partial charge in [0.15, 0.2) is 11.9 Å². The topological polar surface area (TPSA) is 310 Å². The number of thioether (sulfide) groups is 1. The van der Waals surface area contributed by atoms with Gasteiger partial charge in [-0.2, -0.15) is 26.3 Å². The average Bonchev–Trinajstić information content (AvgIpc) is 3.19. The number of nitrogens with zero attached hydrogens (tertiary/aromatic N) is 3. The first-order valence-electron chi connectivity index (χ1n) is 20.7. The average molecular weight is 942 g/mol. The fourth-order valence-electron chi connectivity index (χ4n) is 6.57. The van der Waals surface area contributed by atoms with Crippen LogP contribution in [0.15, 0.2) is 78.5 Å². The zero-order chi connectivity index (χ0) is 48.3. The highest BCUT2D eigenvalue weighted by Gasteiger charge is 2.46. The number of nitrogens with two attached hydrogens (primary N) is 6. The largest absolute Gasteiger partial charge is 0.416 e. The summed E-state index contributed by atoms with van der Waals surface area (Å²) in [6.07, 6.45) is -2.90. The van der Waals surface area contributed by atoms with E-state index in [4.69, 9.17) is 34.4 Å². The Labute approximate surface area is 376 Å². The molecule has 4 amide bonds. The van der Waals surface area contributed by atoms with E-state index in [1.54, 1.807) is 0 Å². The Kier molecular flexibility index (Phi) is 21.0. The minimum Gasteiger partial charge on any atom is -0.370 e. The molecule has 0 saturated carbocycles. The van der Waals surface area contributed by atoms with Gasteiger partial charge < -0.3 is 55.7 Å². The third-order valence-corrected chi connectivity index (χ3v) is 10.8. The molecule has 1 aliphatic carbocycles. The van der Waals surface area contributed by atoms with Gasteiger partial charge in [-0.05, 0) is 94.3 Å². The fraction of sp³-hybridized carbons (Fsp3) is 0.488. The normalized spacial score (nSPS) is 16.5. The van der Waals surface area contributed by atoms with Gasteiger partial charge in [0, 0.05) is 54.2 Å². The Morgan fingerprint density at radius 1 is 0.785 bits per heavy atom. The molecule has 2 aliphatic rings. The van der Waals surface area contributed by atoms with Gasteiger partial charge in [0.05, 0.1) is 34.3 Å². The number of nitrogens with one attached hydrogen (secondary N) is 4. The number of unbranched alkanes of at least 4 members (excludes halogenated alkanes) is 2. The molecule has 2 unspecified atom stereocenters. The summed E-state index contributed by atoms with van der Waals surface area (Å²) >= 11 is 0.946. The number of halogens is 6. The van der Waals surface area contributed by atoms with E-state index in [0.29, 0.717) is 44.8 Å². The second kappa shape index (κ2) is 25.6. The Bertz CT molecular complexity index is 2090. The predicted octanol–water partition coefficient (Wildman–Crippen LogP) is 4.13. The van der Waals surface area contributed by atoms with Crippen molar-refractivity contribution in [3.8, 4) is 0 Å². The van der Waals surface area contributed by atoms with Crippen LogP contribution in [0.3, 0.4) is 0 Å². The van der Waals surface area contributed by atoms with Crippen molar-refractivity contribution in [3.63, 3.8) is 0 Å². The van der Waals surface area contributed by atoms with Crippen molar-refractivity contribution in [2.75, 3.05) is 42.6 Å². The minimum absolute atomic E-state index is 0.00549. The van der Waals surface area contributed by atoms with Gasteiger partial charge in [-0.25, -0.2) is 0 Å². The lowest BCUT2D eigenvalue weighted by atomic mass is 9.80. The van der Waals surface area contributed by atoms with Gasteiger partial charge in [-0.3, -0.25) is 34.2 Å². The summed E-state index contributed by atoms with van der Waals surface area (Å²) < 4.78 is 86.7. The Morgan fingerprint density at radius 2 is 1.38 bits per heavy atom. The van der Waals surface area contributed by atoms with E-state index in [-0.39, 0.29) is 108 Å². The highest BCUT2D eigenvalue weighted by atomic mass is 32.2.